The van der Waals surface area contributed by atoms with Gasteiger partial charge in [-0.05, 0) is 53.6 Å². The number of aryl methyl sites for hydroxylation is 1. The summed E-state index contributed by atoms with van der Waals surface area (Å²) in [5, 5.41) is 8.32. The Balaban J connectivity index is 1.60. The minimum Gasteiger partial charge on any atom is -0.379 e. The molecule has 3 atom stereocenters. The molecule has 9 nitrogen and oxygen atoms in total. The molecule has 0 bridgehead atoms. The Hall–Kier alpha value is -3.60. The smallest absolute Gasteiger partial charge is 0.327 e. The van der Waals surface area contributed by atoms with Crippen LogP contribution in [0.1, 0.15) is 47.7 Å². The molecule has 1 aliphatic heterocycles. The molecular weight excluding hydrogens is 538 g/mol. The number of carbonyl (C=O) groups is 3. The van der Waals surface area contributed by atoms with Crippen LogP contribution < -0.4 is 22.1 Å². The number of nitrogens with zero attached hydrogens (tertiary/aromatic N) is 1. The molecule has 0 radical (unpaired) electrons. The van der Waals surface area contributed by atoms with Crippen LogP contribution in [0.15, 0.2) is 66.7 Å². The van der Waals surface area contributed by atoms with Crippen LogP contribution in [0.5, 0.6) is 0 Å². The van der Waals surface area contributed by atoms with Crippen molar-refractivity contribution in [1.82, 2.24) is 14.9 Å². The highest BCUT2D eigenvalue weighted by Gasteiger charge is 2.44. The molecule has 1 fully saturated rings. The van der Waals surface area contributed by atoms with Crippen LogP contribution >= 0.6 is 12.8 Å². The molecule has 3 aromatic carbocycles. The van der Waals surface area contributed by atoms with E-state index in [9.17, 15) is 14.4 Å². The lowest BCUT2D eigenvalue weighted by Crippen LogP contribution is -2.57. The molecule has 41 heavy (non-hydrogen) atoms. The van der Waals surface area contributed by atoms with Gasteiger partial charge in [-0.3, -0.25) is 13.9 Å². The van der Waals surface area contributed by atoms with Crippen molar-refractivity contribution in [3.05, 3.63) is 83.4 Å². The summed E-state index contributed by atoms with van der Waals surface area (Å²) >= 11 is 4.53. The largest absolute Gasteiger partial charge is 0.379 e. The molecule has 1 saturated heterocycles. The number of morpholine rings is 1. The van der Waals surface area contributed by atoms with Crippen LogP contribution in [0.2, 0.25) is 0 Å². The van der Waals surface area contributed by atoms with E-state index in [1.165, 1.54) is 0 Å². The highest BCUT2D eigenvalue weighted by molar-refractivity contribution is 7.78. The van der Waals surface area contributed by atoms with E-state index in [0.29, 0.717) is 38.2 Å². The molecule has 10 heteroatoms. The SMILES string of the molecule is CC(CCc1ccccc1C(N)=O)(c1ccc2ccccc2c1)C(C(N)=O)N(S)C(=O)NCCCC1COCCN1. The first kappa shape index (κ1) is 30.4. The highest BCUT2D eigenvalue weighted by atomic mass is 32.1. The fourth-order valence-corrected chi connectivity index (χ4v) is 6.05. The van der Waals surface area contributed by atoms with Crippen molar-refractivity contribution in [2.45, 2.75) is 50.1 Å². The van der Waals surface area contributed by atoms with Gasteiger partial charge in [-0.1, -0.05) is 80.4 Å². The van der Waals surface area contributed by atoms with E-state index in [2.05, 4.69) is 23.4 Å². The highest BCUT2D eigenvalue weighted by Crippen LogP contribution is 2.38. The Labute approximate surface area is 246 Å². The van der Waals surface area contributed by atoms with Crippen molar-refractivity contribution in [2.24, 2.45) is 11.5 Å². The molecule has 0 aromatic heterocycles. The number of thiol groups is 1. The predicted octanol–water partition coefficient (Wildman–Crippen LogP) is 3.31. The standard InChI is InChI=1S/C31H39N5O4S/c1-31(15-14-22-8-4-5-11-26(22)28(32)37,24-13-12-21-7-2-3-9-23(21)19-24)27(29(33)38)36(41)30(39)35-16-6-10-25-20-40-18-17-34-25/h2-5,7-9,11-13,19,25,27,34,41H,6,10,14-18,20H2,1H3,(H2,32,37)(H2,33,38)(H,35,39). The van der Waals surface area contributed by atoms with E-state index in [4.69, 9.17) is 16.2 Å². The third kappa shape index (κ3) is 7.38. The quantitative estimate of drug-likeness (QED) is 0.166. The van der Waals surface area contributed by atoms with Crippen LogP contribution in [0.25, 0.3) is 10.8 Å². The number of benzene rings is 3. The zero-order valence-electron chi connectivity index (χ0n) is 23.3. The molecule has 0 aliphatic carbocycles. The van der Waals surface area contributed by atoms with Gasteiger partial charge in [-0.2, -0.15) is 0 Å². The molecule has 1 aliphatic rings. The van der Waals surface area contributed by atoms with Gasteiger partial charge >= 0.3 is 6.03 Å². The zero-order chi connectivity index (χ0) is 29.4. The second-order valence-corrected chi connectivity index (χ2v) is 11.2. The van der Waals surface area contributed by atoms with E-state index in [-0.39, 0.29) is 6.04 Å². The topological polar surface area (TPSA) is 140 Å². The fraction of sp³-hybridized carbons (Fsp3) is 0.387. The third-order valence-electron chi connectivity index (χ3n) is 7.94. The van der Waals surface area contributed by atoms with E-state index in [1.807, 2.05) is 61.5 Å². The number of hydrogen-bond acceptors (Lipinski definition) is 6. The summed E-state index contributed by atoms with van der Waals surface area (Å²) in [7, 11) is 0. The van der Waals surface area contributed by atoms with Gasteiger partial charge < -0.3 is 26.8 Å². The summed E-state index contributed by atoms with van der Waals surface area (Å²) in [6.45, 7) is 4.50. The lowest BCUT2D eigenvalue weighted by Gasteiger charge is -2.41. The van der Waals surface area contributed by atoms with Gasteiger partial charge in [0.25, 0.3) is 0 Å². The van der Waals surface area contributed by atoms with Crippen LogP contribution in [0.4, 0.5) is 4.79 Å². The Morgan fingerprint density at radius 2 is 1.83 bits per heavy atom. The van der Waals surface area contributed by atoms with E-state index in [1.54, 1.807) is 12.1 Å². The van der Waals surface area contributed by atoms with Crippen LogP contribution in [-0.2, 0) is 21.4 Å². The fourth-order valence-electron chi connectivity index (χ4n) is 5.61. The zero-order valence-corrected chi connectivity index (χ0v) is 24.2. The Kier molecular flexibility index (Phi) is 10.3. The minimum atomic E-state index is -1.10. The van der Waals surface area contributed by atoms with Crippen molar-refractivity contribution >= 4 is 41.4 Å². The molecule has 4 rings (SSSR count). The number of primary amides is 2. The molecule has 0 spiro atoms. The number of hydrogen-bond donors (Lipinski definition) is 5. The number of ether oxygens (including phenoxy) is 1. The van der Waals surface area contributed by atoms with Gasteiger partial charge in [0.2, 0.25) is 11.8 Å². The molecular formula is C31H39N5O4S. The van der Waals surface area contributed by atoms with Gasteiger partial charge in [0.15, 0.2) is 0 Å². The van der Waals surface area contributed by atoms with E-state index >= 15 is 0 Å². The molecule has 1 heterocycles. The first-order chi connectivity index (χ1) is 19.7. The molecule has 6 N–H and O–H groups in total. The average molecular weight is 578 g/mol. The van der Waals surface area contributed by atoms with Crippen LogP contribution in [0.3, 0.4) is 0 Å². The maximum absolute atomic E-state index is 13.3. The van der Waals surface area contributed by atoms with Crippen molar-refractivity contribution in [3.8, 4) is 0 Å². The summed E-state index contributed by atoms with van der Waals surface area (Å²) in [6.07, 6.45) is 2.40. The second kappa shape index (κ2) is 13.8. The number of rotatable bonds is 12. The van der Waals surface area contributed by atoms with Crippen molar-refractivity contribution in [1.29, 1.82) is 0 Å². The van der Waals surface area contributed by atoms with Crippen LogP contribution in [0, 0.1) is 0 Å². The number of nitrogens with one attached hydrogen (secondary N) is 2. The molecule has 4 amide bonds. The summed E-state index contributed by atoms with van der Waals surface area (Å²) < 4.78 is 6.60. The number of nitrogens with two attached hydrogens (primary N) is 2. The maximum Gasteiger partial charge on any atom is 0.327 e. The Bertz CT molecular complexity index is 1380. The van der Waals surface area contributed by atoms with Gasteiger partial charge in [-0.25, -0.2) is 4.79 Å². The summed E-state index contributed by atoms with van der Waals surface area (Å²) in [6, 6.07) is 19.7. The first-order valence-electron chi connectivity index (χ1n) is 13.9. The third-order valence-corrected chi connectivity index (χ3v) is 8.35. The lowest BCUT2D eigenvalue weighted by atomic mass is 9.71. The maximum atomic E-state index is 13.3. The molecule has 0 saturated carbocycles. The van der Waals surface area contributed by atoms with E-state index in [0.717, 1.165) is 45.6 Å². The Morgan fingerprint density at radius 1 is 1.10 bits per heavy atom. The van der Waals surface area contributed by atoms with Crippen LogP contribution in [-0.4, -0.2) is 60.5 Å². The van der Waals surface area contributed by atoms with Crippen molar-refractivity contribution in [3.63, 3.8) is 0 Å². The van der Waals surface area contributed by atoms with Gasteiger partial charge in [0.05, 0.1) is 13.2 Å². The van der Waals surface area contributed by atoms with Gasteiger partial charge in [0.1, 0.15) is 6.04 Å². The summed E-state index contributed by atoms with van der Waals surface area (Å²) in [5.41, 5.74) is 12.7. The minimum absolute atomic E-state index is 0.255. The summed E-state index contributed by atoms with van der Waals surface area (Å²) in [5.74, 6) is -1.21. The Morgan fingerprint density at radius 3 is 2.54 bits per heavy atom. The molecule has 218 valence electrons. The number of urea groups is 1. The predicted molar refractivity (Wildman–Crippen MR) is 164 cm³/mol. The van der Waals surface area contributed by atoms with E-state index < -0.39 is 29.3 Å². The van der Waals surface area contributed by atoms with Crippen molar-refractivity contribution < 1.29 is 19.1 Å². The lowest BCUT2D eigenvalue weighted by molar-refractivity contribution is -0.123. The number of carbonyl (C=O) groups excluding carboxylic acids is 3. The normalized spacial score (nSPS) is 17.4. The average Bonchev–Trinajstić information content (AvgIpc) is 2.98. The number of fused-ring (bicyclic) bond motifs is 1. The monoisotopic (exact) mass is 577 g/mol. The number of amides is 4. The van der Waals surface area contributed by atoms with Crippen molar-refractivity contribution in [2.75, 3.05) is 26.3 Å². The second-order valence-electron chi connectivity index (χ2n) is 10.8. The first-order valence-corrected chi connectivity index (χ1v) is 14.3. The summed E-state index contributed by atoms with van der Waals surface area (Å²) in [4.78, 5) is 38.5. The van der Waals surface area contributed by atoms with Gasteiger partial charge in [-0.15, -0.1) is 0 Å². The molecule has 3 unspecified atom stereocenters. The van der Waals surface area contributed by atoms with Gasteiger partial charge in [0, 0.05) is 30.1 Å². The molecule has 3 aromatic rings.